The molecule has 8 heteroatoms. The quantitative estimate of drug-likeness (QED) is 0.776. The topological polar surface area (TPSA) is 94.5 Å². The van der Waals surface area contributed by atoms with E-state index in [0.29, 0.717) is 11.4 Å². The first kappa shape index (κ1) is 20.3. The first-order valence-corrected chi connectivity index (χ1v) is 8.84. The maximum Gasteiger partial charge on any atom is 0.407 e. The highest BCUT2D eigenvalue weighted by Crippen LogP contribution is 2.17. The summed E-state index contributed by atoms with van der Waals surface area (Å²) in [5.74, 6) is 0. The molecule has 2 amide bonds. The second-order valence-corrected chi connectivity index (χ2v) is 6.59. The molecule has 8 nitrogen and oxygen atoms in total. The van der Waals surface area contributed by atoms with Gasteiger partial charge in [0.05, 0.1) is 12.0 Å². The molecule has 0 bridgehead atoms. The second-order valence-electron chi connectivity index (χ2n) is 6.59. The van der Waals surface area contributed by atoms with Crippen molar-refractivity contribution in [3.63, 3.8) is 0 Å². The Morgan fingerprint density at radius 2 is 1.52 bits per heavy atom. The Bertz CT molecular complexity index is 756. The molecule has 0 aliphatic heterocycles. The third-order valence-electron chi connectivity index (χ3n) is 3.48. The molecular formula is C19H26N4O4. The number of benzene rings is 1. The molecule has 27 heavy (non-hydrogen) atoms. The van der Waals surface area contributed by atoms with Gasteiger partial charge in [0.15, 0.2) is 0 Å². The van der Waals surface area contributed by atoms with E-state index in [2.05, 4.69) is 15.6 Å². The summed E-state index contributed by atoms with van der Waals surface area (Å²) in [7, 11) is 0. The molecule has 1 aromatic carbocycles. The first-order chi connectivity index (χ1) is 12.9. The maximum absolute atomic E-state index is 11.8. The zero-order valence-corrected chi connectivity index (χ0v) is 16.1. The number of aromatic nitrogens is 2. The summed E-state index contributed by atoms with van der Waals surface area (Å²) in [6.45, 7) is 7.36. The second kappa shape index (κ2) is 9.61. The molecule has 0 atom stereocenters. The van der Waals surface area contributed by atoms with E-state index >= 15 is 0 Å². The summed E-state index contributed by atoms with van der Waals surface area (Å²) in [6.07, 6.45) is 0.576. The molecule has 146 valence electrons. The molecule has 0 fully saturated rings. The number of ether oxygens (including phenoxy) is 2. The van der Waals surface area contributed by atoms with Gasteiger partial charge in [-0.1, -0.05) is 18.2 Å². The van der Waals surface area contributed by atoms with E-state index < -0.39 is 12.2 Å². The van der Waals surface area contributed by atoms with E-state index in [4.69, 9.17) is 9.47 Å². The van der Waals surface area contributed by atoms with Crippen LogP contribution in [0.5, 0.6) is 0 Å². The van der Waals surface area contributed by atoms with Crippen molar-refractivity contribution >= 4 is 12.2 Å². The molecule has 0 spiro atoms. The van der Waals surface area contributed by atoms with Crippen LogP contribution in [0.25, 0.3) is 5.69 Å². The third kappa shape index (κ3) is 6.32. The van der Waals surface area contributed by atoms with Gasteiger partial charge in [-0.25, -0.2) is 14.6 Å². The molecule has 0 saturated carbocycles. The Labute approximate surface area is 158 Å². The Morgan fingerprint density at radius 1 is 0.963 bits per heavy atom. The minimum atomic E-state index is -0.524. The molecule has 0 aliphatic carbocycles. The fourth-order valence-electron chi connectivity index (χ4n) is 2.32. The van der Waals surface area contributed by atoms with Crippen LogP contribution in [0.3, 0.4) is 0 Å². The van der Waals surface area contributed by atoms with Gasteiger partial charge in [0, 0.05) is 17.8 Å². The molecule has 0 aliphatic rings. The molecule has 0 unspecified atom stereocenters. The number of hydrogen-bond acceptors (Lipinski definition) is 5. The zero-order valence-electron chi connectivity index (χ0n) is 16.1. The lowest BCUT2D eigenvalue weighted by molar-refractivity contribution is 0.127. The van der Waals surface area contributed by atoms with Gasteiger partial charge < -0.3 is 20.1 Å². The number of rotatable bonds is 7. The average Bonchev–Trinajstić information content (AvgIpc) is 3.00. The van der Waals surface area contributed by atoms with Crippen LogP contribution in [0, 0.1) is 0 Å². The molecule has 1 aromatic heterocycles. The van der Waals surface area contributed by atoms with Crippen LogP contribution in [0.1, 0.15) is 39.1 Å². The zero-order chi connectivity index (χ0) is 19.8. The highest BCUT2D eigenvalue weighted by atomic mass is 16.6. The van der Waals surface area contributed by atoms with Gasteiger partial charge in [0.25, 0.3) is 0 Å². The lowest BCUT2D eigenvalue weighted by Gasteiger charge is -2.13. The number of hydrogen-bond donors (Lipinski definition) is 2. The van der Waals surface area contributed by atoms with E-state index in [1.165, 1.54) is 0 Å². The van der Waals surface area contributed by atoms with Gasteiger partial charge in [-0.3, -0.25) is 4.57 Å². The Morgan fingerprint density at radius 3 is 2.07 bits per heavy atom. The van der Waals surface area contributed by atoms with Crippen molar-refractivity contribution < 1.29 is 19.1 Å². The molecule has 1 heterocycles. The van der Waals surface area contributed by atoms with Crippen LogP contribution in [0.2, 0.25) is 0 Å². The number of nitrogens with one attached hydrogen (secondary N) is 2. The Hall–Kier alpha value is -3.03. The predicted molar refractivity (Wildman–Crippen MR) is 100 cm³/mol. The van der Waals surface area contributed by atoms with Crippen LogP contribution in [0.15, 0.2) is 36.7 Å². The van der Waals surface area contributed by atoms with E-state index in [1.54, 1.807) is 6.33 Å². The van der Waals surface area contributed by atoms with Crippen molar-refractivity contribution in [2.75, 3.05) is 0 Å². The molecule has 0 radical (unpaired) electrons. The summed E-state index contributed by atoms with van der Waals surface area (Å²) in [4.78, 5) is 27.9. The van der Waals surface area contributed by atoms with E-state index in [0.717, 1.165) is 5.69 Å². The van der Waals surface area contributed by atoms with Gasteiger partial charge in [0.2, 0.25) is 0 Å². The van der Waals surface area contributed by atoms with E-state index in [9.17, 15) is 9.59 Å². The van der Waals surface area contributed by atoms with Crippen molar-refractivity contribution in [2.24, 2.45) is 0 Å². The van der Waals surface area contributed by atoms with Crippen LogP contribution in [-0.4, -0.2) is 33.8 Å². The number of alkyl carbamates (subject to hydrolysis) is 2. The van der Waals surface area contributed by atoms with Gasteiger partial charge in [-0.2, -0.15) is 0 Å². The summed E-state index contributed by atoms with van der Waals surface area (Å²) in [5.41, 5.74) is 2.03. The van der Waals surface area contributed by atoms with Crippen molar-refractivity contribution in [1.82, 2.24) is 20.2 Å². The van der Waals surface area contributed by atoms with Gasteiger partial charge >= 0.3 is 12.2 Å². The largest absolute Gasteiger partial charge is 0.443 e. The van der Waals surface area contributed by atoms with Crippen LogP contribution < -0.4 is 10.6 Å². The molecule has 2 rings (SSSR count). The molecule has 2 N–H and O–H groups in total. The van der Waals surface area contributed by atoms with Crippen LogP contribution in [0.4, 0.5) is 9.59 Å². The van der Waals surface area contributed by atoms with E-state index in [1.807, 2.05) is 62.6 Å². The Kier molecular flexibility index (Phi) is 7.22. The highest BCUT2D eigenvalue weighted by molar-refractivity contribution is 5.68. The number of carbonyl (C=O) groups excluding carboxylic acids is 2. The highest BCUT2D eigenvalue weighted by Gasteiger charge is 2.17. The number of carbonyl (C=O) groups is 2. The van der Waals surface area contributed by atoms with Crippen molar-refractivity contribution in [3.8, 4) is 5.69 Å². The van der Waals surface area contributed by atoms with Crippen molar-refractivity contribution in [3.05, 3.63) is 48.0 Å². The molecule has 0 saturated heterocycles. The summed E-state index contributed by atoms with van der Waals surface area (Å²) in [6, 6.07) is 9.48. The summed E-state index contributed by atoms with van der Waals surface area (Å²) in [5, 5.41) is 5.32. The van der Waals surface area contributed by atoms with Gasteiger partial charge in [-0.15, -0.1) is 0 Å². The minimum Gasteiger partial charge on any atom is -0.443 e. The summed E-state index contributed by atoms with van der Waals surface area (Å²) >= 11 is 0. The number of amides is 2. The van der Waals surface area contributed by atoms with Crippen LogP contribution >= 0.6 is 0 Å². The smallest absolute Gasteiger partial charge is 0.407 e. The first-order valence-electron chi connectivity index (χ1n) is 8.84. The lowest BCUT2D eigenvalue weighted by atomic mass is 10.3. The van der Waals surface area contributed by atoms with Gasteiger partial charge in [0.1, 0.15) is 18.9 Å². The minimum absolute atomic E-state index is 0.00204. The summed E-state index contributed by atoms with van der Waals surface area (Å²) < 4.78 is 12.3. The standard InChI is InChI=1S/C19H26N4O4/c1-13(2)21-18(24)26-10-16-17(11-27-19(25)22-14(3)4)23(12-20-16)15-8-6-5-7-9-15/h5-9,12-14H,10-11H2,1-4H3,(H,21,24)(H,22,25). The fraction of sp³-hybridized carbons (Fsp3) is 0.421. The number of para-hydroxylation sites is 1. The predicted octanol–water partition coefficient (Wildman–Crippen LogP) is 3.14. The fourth-order valence-corrected chi connectivity index (χ4v) is 2.32. The normalized spacial score (nSPS) is 10.7. The third-order valence-corrected chi connectivity index (χ3v) is 3.48. The number of imidazole rings is 1. The van der Waals surface area contributed by atoms with Gasteiger partial charge in [-0.05, 0) is 39.8 Å². The Balaban J connectivity index is 2.16. The lowest BCUT2D eigenvalue weighted by Crippen LogP contribution is -2.31. The SMILES string of the molecule is CC(C)NC(=O)OCc1ncn(-c2ccccc2)c1COC(=O)NC(C)C. The van der Waals surface area contributed by atoms with Crippen molar-refractivity contribution in [2.45, 2.75) is 53.0 Å². The monoisotopic (exact) mass is 374 g/mol. The van der Waals surface area contributed by atoms with Crippen LogP contribution in [-0.2, 0) is 22.7 Å². The molecular weight excluding hydrogens is 348 g/mol. The average molecular weight is 374 g/mol. The molecule has 2 aromatic rings. The van der Waals surface area contributed by atoms with Crippen molar-refractivity contribution in [1.29, 1.82) is 0 Å². The number of nitrogens with zero attached hydrogens (tertiary/aromatic N) is 2. The maximum atomic E-state index is 11.8. The van der Waals surface area contributed by atoms with E-state index in [-0.39, 0.29) is 25.3 Å².